The standard InChI is InChI=1S/C22H26O/c1-3-7-19(8-4-1)21(15-17-11-12-17)23-22(16-18-13-14-18)20-9-5-2-6-10-20/h1-10,17-18,21-22H,11-16H2. The maximum Gasteiger partial charge on any atom is 0.0836 e. The predicted octanol–water partition coefficient (Wildman–Crippen LogP) is 6.09. The van der Waals surface area contributed by atoms with Gasteiger partial charge in [-0.2, -0.15) is 0 Å². The van der Waals surface area contributed by atoms with Gasteiger partial charge in [0.05, 0.1) is 12.2 Å². The van der Waals surface area contributed by atoms with Crippen LogP contribution in [0.1, 0.15) is 61.9 Å². The Balaban J connectivity index is 1.53. The van der Waals surface area contributed by atoms with Crippen molar-refractivity contribution < 1.29 is 4.74 Å². The number of ether oxygens (including phenoxy) is 1. The second-order valence-electron chi connectivity index (χ2n) is 7.29. The van der Waals surface area contributed by atoms with E-state index in [1.165, 1.54) is 49.7 Å². The first kappa shape index (κ1) is 15.0. The summed E-state index contributed by atoms with van der Waals surface area (Å²) in [5.74, 6) is 1.75. The lowest BCUT2D eigenvalue weighted by molar-refractivity contribution is -0.0294. The van der Waals surface area contributed by atoms with Crippen molar-refractivity contribution in [3.63, 3.8) is 0 Å². The Kier molecular flexibility index (Phi) is 4.48. The molecular weight excluding hydrogens is 280 g/mol. The van der Waals surface area contributed by atoms with Crippen LogP contribution in [0.4, 0.5) is 0 Å². The van der Waals surface area contributed by atoms with Gasteiger partial charge in [0.15, 0.2) is 0 Å². The molecule has 1 nitrogen and oxygen atoms in total. The largest absolute Gasteiger partial charge is 0.366 e. The lowest BCUT2D eigenvalue weighted by atomic mass is 10.0. The Bertz CT molecular complexity index is 543. The maximum absolute atomic E-state index is 6.72. The highest BCUT2D eigenvalue weighted by atomic mass is 16.5. The monoisotopic (exact) mass is 306 g/mol. The Morgan fingerprint density at radius 1 is 0.652 bits per heavy atom. The molecule has 0 bridgehead atoms. The molecule has 2 atom stereocenters. The first-order valence-corrected chi connectivity index (χ1v) is 9.14. The number of benzene rings is 2. The van der Waals surface area contributed by atoms with Gasteiger partial charge < -0.3 is 4.74 Å². The summed E-state index contributed by atoms with van der Waals surface area (Å²) in [6.45, 7) is 0. The van der Waals surface area contributed by atoms with E-state index >= 15 is 0 Å². The normalized spacial score (nSPS) is 20.2. The molecule has 2 aromatic carbocycles. The molecule has 2 aliphatic carbocycles. The molecule has 0 aromatic heterocycles. The molecule has 2 unspecified atom stereocenters. The van der Waals surface area contributed by atoms with Gasteiger partial charge in [-0.25, -0.2) is 0 Å². The first-order chi connectivity index (χ1) is 11.4. The first-order valence-electron chi connectivity index (χ1n) is 9.14. The molecule has 4 rings (SSSR count). The van der Waals surface area contributed by atoms with E-state index in [1.807, 2.05) is 0 Å². The quantitative estimate of drug-likeness (QED) is 0.573. The topological polar surface area (TPSA) is 9.23 Å². The van der Waals surface area contributed by atoms with E-state index in [9.17, 15) is 0 Å². The minimum Gasteiger partial charge on any atom is -0.366 e. The molecule has 2 fully saturated rings. The van der Waals surface area contributed by atoms with Crippen molar-refractivity contribution in [3.8, 4) is 0 Å². The molecule has 0 amide bonds. The van der Waals surface area contributed by atoms with Crippen molar-refractivity contribution in [2.45, 2.75) is 50.7 Å². The zero-order valence-corrected chi connectivity index (χ0v) is 13.7. The van der Waals surface area contributed by atoms with E-state index in [0.29, 0.717) is 0 Å². The van der Waals surface area contributed by atoms with Crippen LogP contribution in [0.15, 0.2) is 60.7 Å². The fraction of sp³-hybridized carbons (Fsp3) is 0.455. The summed E-state index contributed by atoms with van der Waals surface area (Å²) in [5, 5.41) is 0. The fourth-order valence-corrected chi connectivity index (χ4v) is 3.39. The van der Waals surface area contributed by atoms with Crippen molar-refractivity contribution >= 4 is 0 Å². The molecule has 0 radical (unpaired) electrons. The number of rotatable bonds is 8. The van der Waals surface area contributed by atoms with Gasteiger partial charge in [0, 0.05) is 0 Å². The molecule has 2 saturated carbocycles. The van der Waals surface area contributed by atoms with Crippen molar-refractivity contribution in [1.29, 1.82) is 0 Å². The maximum atomic E-state index is 6.72. The van der Waals surface area contributed by atoms with E-state index in [1.54, 1.807) is 0 Å². The van der Waals surface area contributed by atoms with Gasteiger partial charge in [0.1, 0.15) is 0 Å². The highest BCUT2D eigenvalue weighted by molar-refractivity contribution is 5.21. The Hall–Kier alpha value is -1.60. The minimum atomic E-state index is 0.243. The molecule has 2 aromatic rings. The number of hydrogen-bond donors (Lipinski definition) is 0. The molecule has 2 aliphatic rings. The third-order valence-electron chi connectivity index (χ3n) is 5.16. The van der Waals surface area contributed by atoms with Crippen molar-refractivity contribution in [1.82, 2.24) is 0 Å². The molecule has 23 heavy (non-hydrogen) atoms. The average Bonchev–Trinajstić information content (AvgIpc) is 3.51. The van der Waals surface area contributed by atoms with Crippen LogP contribution in [0.25, 0.3) is 0 Å². The van der Waals surface area contributed by atoms with Crippen LogP contribution in [0, 0.1) is 11.8 Å². The summed E-state index contributed by atoms with van der Waals surface area (Å²) in [7, 11) is 0. The second kappa shape index (κ2) is 6.88. The highest BCUT2D eigenvalue weighted by Gasteiger charge is 2.31. The van der Waals surface area contributed by atoms with E-state index in [2.05, 4.69) is 60.7 Å². The van der Waals surface area contributed by atoms with Crippen molar-refractivity contribution in [2.24, 2.45) is 11.8 Å². The van der Waals surface area contributed by atoms with Gasteiger partial charge in [0.25, 0.3) is 0 Å². The number of hydrogen-bond acceptors (Lipinski definition) is 1. The lowest BCUT2D eigenvalue weighted by Crippen LogP contribution is -2.12. The van der Waals surface area contributed by atoms with Gasteiger partial charge in [-0.05, 0) is 35.8 Å². The van der Waals surface area contributed by atoms with Crippen LogP contribution in [-0.4, -0.2) is 0 Å². The summed E-state index contributed by atoms with van der Waals surface area (Å²) in [4.78, 5) is 0. The van der Waals surface area contributed by atoms with Crippen LogP contribution in [0.5, 0.6) is 0 Å². The highest BCUT2D eigenvalue weighted by Crippen LogP contribution is 2.44. The Labute approximate surface area is 139 Å². The minimum absolute atomic E-state index is 0.243. The SMILES string of the molecule is c1ccc(C(CC2CC2)OC(CC2CC2)c2ccccc2)cc1. The molecule has 0 N–H and O–H groups in total. The van der Waals surface area contributed by atoms with E-state index in [4.69, 9.17) is 4.74 Å². The molecule has 0 spiro atoms. The summed E-state index contributed by atoms with van der Waals surface area (Å²) >= 11 is 0. The Morgan fingerprint density at radius 2 is 1.04 bits per heavy atom. The molecular formula is C22H26O. The smallest absolute Gasteiger partial charge is 0.0836 e. The summed E-state index contributed by atoms with van der Waals surface area (Å²) < 4.78 is 6.72. The zero-order valence-electron chi connectivity index (χ0n) is 13.7. The van der Waals surface area contributed by atoms with Crippen LogP contribution in [0.3, 0.4) is 0 Å². The Morgan fingerprint density at radius 3 is 1.39 bits per heavy atom. The van der Waals surface area contributed by atoms with Gasteiger partial charge in [-0.1, -0.05) is 86.3 Å². The summed E-state index contributed by atoms with van der Waals surface area (Å²) in [5.41, 5.74) is 2.69. The molecule has 1 heteroatoms. The van der Waals surface area contributed by atoms with Crippen LogP contribution < -0.4 is 0 Å². The third kappa shape index (κ3) is 4.23. The van der Waals surface area contributed by atoms with Crippen molar-refractivity contribution in [3.05, 3.63) is 71.8 Å². The van der Waals surface area contributed by atoms with Gasteiger partial charge in [0.2, 0.25) is 0 Å². The van der Waals surface area contributed by atoms with Gasteiger partial charge in [-0.3, -0.25) is 0 Å². The summed E-state index contributed by atoms with van der Waals surface area (Å²) in [6.07, 6.45) is 8.36. The predicted molar refractivity (Wildman–Crippen MR) is 94.1 cm³/mol. The molecule has 0 aliphatic heterocycles. The molecule has 120 valence electrons. The molecule has 0 heterocycles. The van der Waals surface area contributed by atoms with Crippen LogP contribution >= 0.6 is 0 Å². The summed E-state index contributed by atoms with van der Waals surface area (Å²) in [6, 6.07) is 21.6. The van der Waals surface area contributed by atoms with E-state index in [0.717, 1.165) is 11.8 Å². The fourth-order valence-electron chi connectivity index (χ4n) is 3.39. The average molecular weight is 306 g/mol. The van der Waals surface area contributed by atoms with Crippen LogP contribution in [0.2, 0.25) is 0 Å². The molecule has 0 saturated heterocycles. The third-order valence-corrected chi connectivity index (χ3v) is 5.16. The van der Waals surface area contributed by atoms with E-state index < -0.39 is 0 Å². The van der Waals surface area contributed by atoms with Gasteiger partial charge >= 0.3 is 0 Å². The zero-order chi connectivity index (χ0) is 15.5. The second-order valence-corrected chi connectivity index (χ2v) is 7.29. The van der Waals surface area contributed by atoms with Crippen molar-refractivity contribution in [2.75, 3.05) is 0 Å². The van der Waals surface area contributed by atoms with E-state index in [-0.39, 0.29) is 12.2 Å². The van der Waals surface area contributed by atoms with Crippen LogP contribution in [-0.2, 0) is 4.74 Å². The lowest BCUT2D eigenvalue weighted by Gasteiger charge is -2.26. The van der Waals surface area contributed by atoms with Gasteiger partial charge in [-0.15, -0.1) is 0 Å².